The maximum Gasteiger partial charge on any atom is 0.339 e. The molecule has 1 aliphatic rings. The second-order valence-electron chi connectivity index (χ2n) is 10.0. The van der Waals surface area contributed by atoms with E-state index in [4.69, 9.17) is 30.2 Å². The summed E-state index contributed by atoms with van der Waals surface area (Å²) in [6.07, 6.45) is 1.29. The summed E-state index contributed by atoms with van der Waals surface area (Å²) in [5.41, 5.74) is 1.65. The zero-order valence-electron chi connectivity index (χ0n) is 24.5. The van der Waals surface area contributed by atoms with Gasteiger partial charge in [-0.15, -0.1) is 0 Å². The molecule has 2 aromatic heterocycles. The number of carbonyl (C=O) groups excluding carboxylic acids is 2. The fraction of sp³-hybridized carbons (Fsp3) is 0.250. The predicted molar refractivity (Wildman–Crippen MR) is 171 cm³/mol. The molecule has 0 radical (unpaired) electrons. The number of aromatic nitrogens is 1. The van der Waals surface area contributed by atoms with Crippen molar-refractivity contribution in [3.63, 3.8) is 0 Å². The minimum absolute atomic E-state index is 0.159. The number of ether oxygens (including phenoxy) is 3. The van der Waals surface area contributed by atoms with E-state index in [2.05, 4.69) is 20.9 Å². The Balaban J connectivity index is 1.64. The number of esters is 2. The Morgan fingerprint density at radius 1 is 1.16 bits per heavy atom. The lowest BCUT2D eigenvalue weighted by Gasteiger charge is -2.26. The summed E-state index contributed by atoms with van der Waals surface area (Å²) in [6.45, 7) is 7.12. The predicted octanol–water partition coefficient (Wildman–Crippen LogP) is 6.05. The van der Waals surface area contributed by atoms with E-state index < -0.39 is 18.0 Å². The van der Waals surface area contributed by atoms with E-state index in [1.54, 1.807) is 70.2 Å². The van der Waals surface area contributed by atoms with Gasteiger partial charge in [0.2, 0.25) is 0 Å². The molecule has 3 heterocycles. The number of hydrogen-bond donors (Lipinski definition) is 0. The molecule has 0 amide bonds. The van der Waals surface area contributed by atoms with Crippen LogP contribution in [0.3, 0.4) is 0 Å². The molecular weight excluding hydrogens is 672 g/mol. The van der Waals surface area contributed by atoms with Gasteiger partial charge in [-0.2, -0.15) is 0 Å². The summed E-state index contributed by atoms with van der Waals surface area (Å²) in [7, 11) is 1.53. The number of benzene rings is 2. The van der Waals surface area contributed by atoms with Crippen LogP contribution in [0.1, 0.15) is 55.4 Å². The summed E-state index contributed by atoms with van der Waals surface area (Å²) in [5, 5.41) is 0.420. The minimum Gasteiger partial charge on any atom is -0.496 e. The number of hydrogen-bond acceptors (Lipinski definition) is 9. The Morgan fingerprint density at radius 3 is 2.64 bits per heavy atom. The molecule has 12 heteroatoms. The molecule has 4 aromatic rings. The first-order valence-corrected chi connectivity index (χ1v) is 15.6. The molecule has 0 fully saturated rings. The Kier molecular flexibility index (Phi) is 9.28. The van der Waals surface area contributed by atoms with Crippen molar-refractivity contribution >= 4 is 56.9 Å². The van der Waals surface area contributed by atoms with Crippen molar-refractivity contribution < 1.29 is 28.2 Å². The molecule has 0 spiro atoms. The first-order chi connectivity index (χ1) is 21.0. The molecule has 0 saturated carbocycles. The second-order valence-corrected chi connectivity index (χ2v) is 12.4. The number of allylic oxidation sites excluding steroid dienone is 1. The van der Waals surface area contributed by atoms with Crippen LogP contribution in [-0.4, -0.2) is 36.3 Å². The summed E-state index contributed by atoms with van der Waals surface area (Å²) in [4.78, 5) is 45.0. The summed E-state index contributed by atoms with van der Waals surface area (Å²) in [5.74, 6) is 0.159. The Morgan fingerprint density at radius 2 is 1.93 bits per heavy atom. The lowest BCUT2D eigenvalue weighted by atomic mass is 9.95. The van der Waals surface area contributed by atoms with Gasteiger partial charge in [0, 0.05) is 26.7 Å². The first kappa shape index (κ1) is 31.5. The van der Waals surface area contributed by atoms with Gasteiger partial charge < -0.3 is 18.6 Å². The molecule has 0 aliphatic carbocycles. The quantitative estimate of drug-likeness (QED) is 0.206. The van der Waals surface area contributed by atoms with E-state index in [1.807, 2.05) is 12.1 Å². The molecule has 0 saturated heterocycles. The van der Waals surface area contributed by atoms with Crippen molar-refractivity contribution in [1.29, 1.82) is 0 Å². The molecule has 1 aliphatic heterocycles. The number of nitrogens with zero attached hydrogens (tertiary/aromatic N) is 2. The van der Waals surface area contributed by atoms with Crippen molar-refractivity contribution in [1.82, 2.24) is 4.57 Å². The van der Waals surface area contributed by atoms with E-state index in [1.165, 1.54) is 11.7 Å². The van der Waals surface area contributed by atoms with Crippen molar-refractivity contribution in [3.05, 3.63) is 106 Å². The number of halogens is 2. The minimum atomic E-state index is -0.854. The number of furan rings is 1. The van der Waals surface area contributed by atoms with Crippen LogP contribution in [0.25, 0.3) is 17.4 Å². The Labute approximate surface area is 270 Å². The van der Waals surface area contributed by atoms with E-state index in [9.17, 15) is 14.4 Å². The Hall–Kier alpha value is -3.93. The summed E-state index contributed by atoms with van der Waals surface area (Å²) >= 11 is 10.9. The molecule has 0 N–H and O–H groups in total. The number of carbonyl (C=O) groups is 2. The number of fused-ring (bicyclic) bond motifs is 1. The smallest absolute Gasteiger partial charge is 0.339 e. The topological polar surface area (TPSA) is 109 Å². The molecule has 0 unspecified atom stereocenters. The van der Waals surface area contributed by atoms with Gasteiger partial charge in [0.1, 0.15) is 23.3 Å². The average molecular weight is 700 g/mol. The molecule has 1 atom stereocenters. The summed E-state index contributed by atoms with van der Waals surface area (Å²) < 4.78 is 25.0. The molecule has 5 rings (SSSR count). The third kappa shape index (κ3) is 6.17. The second kappa shape index (κ2) is 13.0. The van der Waals surface area contributed by atoms with Crippen LogP contribution in [0.2, 0.25) is 5.02 Å². The maximum atomic E-state index is 14.0. The third-order valence-electron chi connectivity index (χ3n) is 6.71. The fourth-order valence-corrected chi connectivity index (χ4v) is 6.46. The lowest BCUT2D eigenvalue weighted by Crippen LogP contribution is -2.40. The molecule has 0 bridgehead atoms. The number of thiazole rings is 1. The fourth-order valence-electron chi connectivity index (χ4n) is 4.88. The van der Waals surface area contributed by atoms with Crippen molar-refractivity contribution in [3.8, 4) is 17.1 Å². The molecule has 2 aromatic carbocycles. The SMILES string of the molecule is CCOC(=O)C1=C(C)N=c2s/c(=C\c3ccc(-c4cc(Cl)ccc4C(=O)OC(C)C)o3)c(=O)n2[C@H]1c1cc(Br)ccc1OC. The zero-order chi connectivity index (χ0) is 31.7. The van der Waals surface area contributed by atoms with Crippen LogP contribution in [0, 0.1) is 0 Å². The van der Waals surface area contributed by atoms with Crippen molar-refractivity contribution in [2.45, 2.75) is 39.8 Å². The van der Waals surface area contributed by atoms with Crippen LogP contribution >= 0.6 is 38.9 Å². The van der Waals surface area contributed by atoms with Crippen LogP contribution in [-0.2, 0) is 14.3 Å². The van der Waals surface area contributed by atoms with E-state index >= 15 is 0 Å². The van der Waals surface area contributed by atoms with Crippen LogP contribution in [0.5, 0.6) is 5.75 Å². The largest absolute Gasteiger partial charge is 0.496 e. The molecule has 44 heavy (non-hydrogen) atoms. The van der Waals surface area contributed by atoms with Gasteiger partial charge in [-0.05, 0) is 76.2 Å². The highest BCUT2D eigenvalue weighted by Gasteiger charge is 2.35. The van der Waals surface area contributed by atoms with Crippen LogP contribution in [0.4, 0.5) is 0 Å². The highest BCUT2D eigenvalue weighted by molar-refractivity contribution is 9.10. The standard InChI is InChI=1S/C32H28BrClN2O7S/c1-6-41-31(39)27-17(4)35-32-36(28(27)23-13-18(33)7-11-24(23)40-5)29(37)26(44-32)15-20-9-12-25(43-20)22-14-19(34)8-10-21(22)30(38)42-16(2)3/h7-16,28H,6H2,1-5H3/b26-15-/t28-/m0/s1. The molecular formula is C32H28BrClN2O7S. The van der Waals surface area contributed by atoms with Gasteiger partial charge >= 0.3 is 11.9 Å². The molecule has 228 valence electrons. The maximum absolute atomic E-state index is 14.0. The third-order valence-corrected chi connectivity index (χ3v) is 8.42. The molecule has 9 nitrogen and oxygen atoms in total. The highest BCUT2D eigenvalue weighted by Crippen LogP contribution is 2.37. The number of rotatable bonds is 8. The lowest BCUT2D eigenvalue weighted by molar-refractivity contribution is -0.139. The normalized spacial score (nSPS) is 14.8. The van der Waals surface area contributed by atoms with Crippen LogP contribution < -0.4 is 19.6 Å². The van der Waals surface area contributed by atoms with Crippen LogP contribution in [0.15, 0.2) is 78.5 Å². The number of methoxy groups -OCH3 is 1. The van der Waals surface area contributed by atoms with Crippen molar-refractivity contribution in [2.24, 2.45) is 4.99 Å². The first-order valence-electron chi connectivity index (χ1n) is 13.7. The average Bonchev–Trinajstić information content (AvgIpc) is 3.56. The van der Waals surface area contributed by atoms with E-state index in [0.717, 1.165) is 15.8 Å². The van der Waals surface area contributed by atoms with Gasteiger partial charge in [-0.1, -0.05) is 38.9 Å². The van der Waals surface area contributed by atoms with Gasteiger partial charge in [0.05, 0.1) is 41.2 Å². The highest BCUT2D eigenvalue weighted by atomic mass is 79.9. The Bertz CT molecular complexity index is 1990. The van der Waals surface area contributed by atoms with E-state index in [-0.39, 0.29) is 23.8 Å². The van der Waals surface area contributed by atoms with Gasteiger partial charge in [-0.25, -0.2) is 14.6 Å². The van der Waals surface area contributed by atoms with Gasteiger partial charge in [0.15, 0.2) is 4.80 Å². The zero-order valence-corrected chi connectivity index (χ0v) is 27.6. The van der Waals surface area contributed by atoms with E-state index in [0.29, 0.717) is 54.0 Å². The van der Waals surface area contributed by atoms with Crippen molar-refractivity contribution in [2.75, 3.05) is 13.7 Å². The van der Waals surface area contributed by atoms with Gasteiger partial charge in [-0.3, -0.25) is 9.36 Å². The monoisotopic (exact) mass is 698 g/mol. The van der Waals surface area contributed by atoms with Gasteiger partial charge in [0.25, 0.3) is 5.56 Å². The summed E-state index contributed by atoms with van der Waals surface area (Å²) in [6, 6.07) is 12.7.